The summed E-state index contributed by atoms with van der Waals surface area (Å²) in [5, 5.41) is 4.33. The number of benzene rings is 1. The van der Waals surface area contributed by atoms with Crippen LogP contribution in [0.5, 0.6) is 0 Å². The van der Waals surface area contributed by atoms with Crippen LogP contribution in [0.2, 0.25) is 0 Å². The van der Waals surface area contributed by atoms with E-state index < -0.39 is 11.7 Å². The highest BCUT2D eigenvalue weighted by Crippen LogP contribution is 2.27. The first-order valence-corrected chi connectivity index (χ1v) is 8.69. The molecular formula is C20H20FN5O2. The van der Waals surface area contributed by atoms with Crippen LogP contribution in [0.15, 0.2) is 30.9 Å². The van der Waals surface area contributed by atoms with Gasteiger partial charge in [-0.2, -0.15) is 5.10 Å². The first kappa shape index (κ1) is 19.2. The number of nitrogens with two attached hydrogens (primary N) is 2. The Hall–Kier alpha value is -3.60. The predicted octanol–water partition coefficient (Wildman–Crippen LogP) is 1.37. The zero-order valence-electron chi connectivity index (χ0n) is 15.4. The number of hydrogen-bond acceptors (Lipinski definition) is 4. The van der Waals surface area contributed by atoms with Gasteiger partial charge in [-0.05, 0) is 43.0 Å². The van der Waals surface area contributed by atoms with Crippen molar-refractivity contribution in [3.05, 3.63) is 59.1 Å². The largest absolute Gasteiger partial charge is 0.383 e. The number of carbonyl (C=O) groups excluding carboxylic acids is 2. The molecule has 1 atom stereocenters. The van der Waals surface area contributed by atoms with Gasteiger partial charge in [0.1, 0.15) is 17.2 Å². The molecule has 8 heteroatoms. The van der Waals surface area contributed by atoms with Crippen molar-refractivity contribution in [1.29, 1.82) is 0 Å². The molecule has 1 saturated heterocycles. The molecule has 0 aliphatic carbocycles. The third kappa shape index (κ3) is 3.60. The zero-order valence-corrected chi connectivity index (χ0v) is 15.4. The van der Waals surface area contributed by atoms with Crippen LogP contribution in [-0.2, 0) is 4.79 Å². The van der Waals surface area contributed by atoms with Crippen LogP contribution in [0.4, 0.5) is 10.2 Å². The molecule has 3 rings (SSSR count). The number of rotatable bonds is 3. The third-order valence-corrected chi connectivity index (χ3v) is 4.63. The Morgan fingerprint density at radius 2 is 2.14 bits per heavy atom. The standard InChI is InChI=1S/C20H20FN5O2/c1-3-17(27)25-9-8-14(11-25)26-19(22)18(20(23)28)16(24-26)7-5-13-10-12(2)4-6-15(13)21/h3-4,6,10,14H,1,8-9,11,22H2,2H3,(H2,23,28)/t14-/m0/s1. The van der Waals surface area contributed by atoms with Gasteiger partial charge >= 0.3 is 0 Å². The number of aromatic nitrogens is 2. The summed E-state index contributed by atoms with van der Waals surface area (Å²) in [5.41, 5.74) is 12.7. The molecule has 7 nitrogen and oxygen atoms in total. The lowest BCUT2D eigenvalue weighted by atomic mass is 10.1. The first-order valence-electron chi connectivity index (χ1n) is 8.69. The SMILES string of the molecule is C=CC(=O)N1CC[C@H](n2nc(C#Cc3cc(C)ccc3F)c(C(N)=O)c2N)C1. The monoisotopic (exact) mass is 381 g/mol. The highest BCUT2D eigenvalue weighted by atomic mass is 19.1. The lowest BCUT2D eigenvalue weighted by Crippen LogP contribution is -2.27. The van der Waals surface area contributed by atoms with Crippen LogP contribution in [0.3, 0.4) is 0 Å². The topological polar surface area (TPSA) is 107 Å². The lowest BCUT2D eigenvalue weighted by molar-refractivity contribution is -0.125. The number of primary amides is 1. The molecule has 1 aliphatic heterocycles. The Morgan fingerprint density at radius 3 is 2.82 bits per heavy atom. The second-order valence-corrected chi connectivity index (χ2v) is 6.58. The van der Waals surface area contributed by atoms with E-state index in [4.69, 9.17) is 11.5 Å². The van der Waals surface area contributed by atoms with Crippen molar-refractivity contribution in [3.8, 4) is 11.8 Å². The van der Waals surface area contributed by atoms with E-state index in [1.807, 2.05) is 6.92 Å². The summed E-state index contributed by atoms with van der Waals surface area (Å²) in [6, 6.07) is 4.35. The molecule has 2 aromatic rings. The van der Waals surface area contributed by atoms with Gasteiger partial charge < -0.3 is 16.4 Å². The van der Waals surface area contributed by atoms with E-state index >= 15 is 0 Å². The van der Waals surface area contributed by atoms with Crippen LogP contribution in [0.1, 0.15) is 39.6 Å². The summed E-state index contributed by atoms with van der Waals surface area (Å²) >= 11 is 0. The maximum Gasteiger partial charge on any atom is 0.255 e. The van der Waals surface area contributed by atoms with E-state index in [1.54, 1.807) is 17.0 Å². The third-order valence-electron chi connectivity index (χ3n) is 4.63. The molecule has 0 radical (unpaired) electrons. The fourth-order valence-corrected chi connectivity index (χ4v) is 3.19. The molecule has 144 valence electrons. The molecule has 2 heterocycles. The van der Waals surface area contributed by atoms with Crippen molar-refractivity contribution >= 4 is 17.6 Å². The second kappa shape index (κ2) is 7.56. The normalized spacial score (nSPS) is 15.8. The molecule has 1 aromatic heterocycles. The number of halogens is 1. The fraction of sp³-hybridized carbons (Fsp3) is 0.250. The van der Waals surface area contributed by atoms with Gasteiger partial charge in [0.15, 0.2) is 5.69 Å². The summed E-state index contributed by atoms with van der Waals surface area (Å²) in [6.45, 7) is 6.21. The Labute approximate surface area is 161 Å². The molecule has 1 fully saturated rings. The Bertz CT molecular complexity index is 1030. The highest BCUT2D eigenvalue weighted by Gasteiger charge is 2.30. The molecule has 1 aliphatic rings. The first-order chi connectivity index (χ1) is 13.3. The van der Waals surface area contributed by atoms with Gasteiger partial charge in [0.25, 0.3) is 5.91 Å². The van der Waals surface area contributed by atoms with Crippen LogP contribution >= 0.6 is 0 Å². The van der Waals surface area contributed by atoms with Crippen molar-refractivity contribution < 1.29 is 14.0 Å². The number of hydrogen-bond donors (Lipinski definition) is 2. The molecule has 4 N–H and O–H groups in total. The number of anilines is 1. The smallest absolute Gasteiger partial charge is 0.255 e. The highest BCUT2D eigenvalue weighted by molar-refractivity contribution is 5.99. The molecule has 0 bridgehead atoms. The van der Waals surface area contributed by atoms with Gasteiger partial charge in [-0.1, -0.05) is 18.6 Å². The average molecular weight is 381 g/mol. The van der Waals surface area contributed by atoms with Crippen molar-refractivity contribution in [2.75, 3.05) is 18.8 Å². The van der Waals surface area contributed by atoms with E-state index in [-0.39, 0.29) is 34.6 Å². The van der Waals surface area contributed by atoms with Crippen molar-refractivity contribution in [2.24, 2.45) is 5.73 Å². The van der Waals surface area contributed by atoms with E-state index in [0.717, 1.165) is 5.56 Å². The van der Waals surface area contributed by atoms with E-state index in [2.05, 4.69) is 23.5 Å². The van der Waals surface area contributed by atoms with Gasteiger partial charge in [-0.25, -0.2) is 9.07 Å². The molecule has 0 spiro atoms. The number of nitrogens with zero attached hydrogens (tertiary/aromatic N) is 3. The Balaban J connectivity index is 1.98. The van der Waals surface area contributed by atoms with Crippen LogP contribution in [-0.4, -0.2) is 39.6 Å². The van der Waals surface area contributed by atoms with Gasteiger partial charge in [0.2, 0.25) is 5.91 Å². The van der Waals surface area contributed by atoms with Crippen LogP contribution < -0.4 is 11.5 Å². The van der Waals surface area contributed by atoms with Gasteiger partial charge in [-0.3, -0.25) is 9.59 Å². The van der Waals surface area contributed by atoms with Crippen molar-refractivity contribution in [1.82, 2.24) is 14.7 Å². The minimum absolute atomic E-state index is 0.00550. The number of nitrogen functional groups attached to an aromatic ring is 1. The average Bonchev–Trinajstić information content (AvgIpc) is 3.26. The van der Waals surface area contributed by atoms with Gasteiger partial charge in [0.05, 0.1) is 11.6 Å². The van der Waals surface area contributed by atoms with E-state index in [0.29, 0.717) is 19.5 Å². The molecule has 0 unspecified atom stereocenters. The molecule has 2 amide bonds. The van der Waals surface area contributed by atoms with Crippen LogP contribution in [0, 0.1) is 24.6 Å². The fourth-order valence-electron chi connectivity index (χ4n) is 3.19. The molecule has 0 saturated carbocycles. The minimum atomic E-state index is -0.769. The van der Waals surface area contributed by atoms with Gasteiger partial charge in [0, 0.05) is 13.1 Å². The predicted molar refractivity (Wildman–Crippen MR) is 103 cm³/mol. The number of carbonyl (C=O) groups is 2. The summed E-state index contributed by atoms with van der Waals surface area (Å²) in [7, 11) is 0. The maximum absolute atomic E-state index is 13.9. The molecular weight excluding hydrogens is 361 g/mol. The second-order valence-electron chi connectivity index (χ2n) is 6.58. The molecule has 28 heavy (non-hydrogen) atoms. The summed E-state index contributed by atoms with van der Waals surface area (Å²) < 4.78 is 15.4. The quantitative estimate of drug-likeness (QED) is 0.618. The number of amides is 2. The Morgan fingerprint density at radius 1 is 1.39 bits per heavy atom. The Kier molecular flexibility index (Phi) is 5.18. The van der Waals surface area contributed by atoms with Gasteiger partial charge in [-0.15, -0.1) is 0 Å². The molecule has 1 aromatic carbocycles. The van der Waals surface area contributed by atoms with Crippen LogP contribution in [0.25, 0.3) is 0 Å². The summed E-state index contributed by atoms with van der Waals surface area (Å²) in [6.07, 6.45) is 1.86. The summed E-state index contributed by atoms with van der Waals surface area (Å²) in [4.78, 5) is 25.3. The minimum Gasteiger partial charge on any atom is -0.383 e. The van der Waals surface area contributed by atoms with E-state index in [1.165, 1.54) is 16.8 Å². The lowest BCUT2D eigenvalue weighted by Gasteiger charge is -2.15. The van der Waals surface area contributed by atoms with Crippen molar-refractivity contribution in [2.45, 2.75) is 19.4 Å². The summed E-state index contributed by atoms with van der Waals surface area (Å²) in [5.74, 6) is 4.06. The van der Waals surface area contributed by atoms with Crippen molar-refractivity contribution in [3.63, 3.8) is 0 Å². The van der Waals surface area contributed by atoms with E-state index in [9.17, 15) is 14.0 Å². The number of likely N-dealkylation sites (tertiary alicyclic amines) is 1. The number of aryl methyl sites for hydroxylation is 1. The maximum atomic E-state index is 13.9. The zero-order chi connectivity index (χ0) is 20.4.